The Morgan fingerprint density at radius 3 is 2.56 bits per heavy atom. The number of nitrogens with two attached hydrogens (primary N) is 2. The average molecular weight is 383 g/mol. The summed E-state index contributed by atoms with van der Waals surface area (Å²) in [5, 5.41) is 26.8. The van der Waals surface area contributed by atoms with E-state index in [-0.39, 0.29) is 23.7 Å². The van der Waals surface area contributed by atoms with Gasteiger partial charge in [-0.3, -0.25) is 5.41 Å². The van der Waals surface area contributed by atoms with Crippen molar-refractivity contribution >= 4 is 22.6 Å². The second-order valence-corrected chi connectivity index (χ2v) is 5.99. The summed E-state index contributed by atoms with van der Waals surface area (Å²) in [6.45, 7) is 0. The third-order valence-corrected chi connectivity index (χ3v) is 4.30. The molecule has 1 aliphatic carbocycles. The molecule has 4 rings (SSSR count). The van der Waals surface area contributed by atoms with Crippen LogP contribution in [0.2, 0.25) is 0 Å². The Morgan fingerprint density at radius 2 is 1.81 bits per heavy atom. The summed E-state index contributed by atoms with van der Waals surface area (Å²) in [6.07, 6.45) is 0. The zero-order chi connectivity index (χ0) is 18.4. The van der Waals surface area contributed by atoms with Gasteiger partial charge in [0.15, 0.2) is 5.36 Å². The van der Waals surface area contributed by atoms with Crippen LogP contribution < -0.4 is 28.9 Å². The average Bonchev–Trinajstić information content (AvgIpc) is 2.58. The zero-order valence-electron chi connectivity index (χ0n) is 13.9. The van der Waals surface area contributed by atoms with Crippen molar-refractivity contribution < 1.29 is 37.2 Å². The van der Waals surface area contributed by atoms with Crippen LogP contribution in [0, 0.1) is 0 Å². The molecule has 2 aliphatic rings. The summed E-state index contributed by atoms with van der Waals surface area (Å²) in [5.41, 5.74) is 8.42. The van der Waals surface area contributed by atoms with Gasteiger partial charge in [-0.25, -0.2) is 4.79 Å². The molecule has 0 aromatic heterocycles. The summed E-state index contributed by atoms with van der Waals surface area (Å²) in [4.78, 5) is 11.8. The molecule has 0 unspecified atom stereocenters. The predicted octanol–water partition coefficient (Wildman–Crippen LogP) is -1.15. The normalized spacial score (nSPS) is 10.7. The lowest BCUT2D eigenvalue weighted by atomic mass is 9.90. The van der Waals surface area contributed by atoms with E-state index in [0.29, 0.717) is 44.5 Å². The van der Waals surface area contributed by atoms with Crippen molar-refractivity contribution in [3.8, 4) is 28.2 Å². The SMILES string of the molecule is Nc1ccc2c(-c3cccc(O)c3C(=O)O)c3ccc(=[NH2+])cc-3oc2c1.[Cl-]. The van der Waals surface area contributed by atoms with Crippen LogP contribution in [0.5, 0.6) is 5.75 Å². The molecule has 136 valence electrons. The molecule has 6 nitrogen and oxygen atoms in total. The number of carboxylic acid groups (broad SMARTS) is 1. The zero-order valence-corrected chi connectivity index (χ0v) is 14.7. The molecule has 0 radical (unpaired) electrons. The van der Waals surface area contributed by atoms with E-state index >= 15 is 0 Å². The molecule has 0 saturated heterocycles. The summed E-state index contributed by atoms with van der Waals surface area (Å²) in [7, 11) is 0. The van der Waals surface area contributed by atoms with E-state index in [1.54, 1.807) is 48.5 Å². The fraction of sp³-hybridized carbons (Fsp3) is 0. The van der Waals surface area contributed by atoms with E-state index in [1.807, 2.05) is 0 Å². The van der Waals surface area contributed by atoms with Crippen LogP contribution in [-0.2, 0) is 0 Å². The van der Waals surface area contributed by atoms with Gasteiger partial charge in [-0.1, -0.05) is 12.1 Å². The number of carbonyl (C=O) groups is 1. The molecule has 2 aromatic rings. The number of hydrogen-bond acceptors (Lipinski definition) is 4. The molecule has 0 amide bonds. The Labute approximate surface area is 159 Å². The second-order valence-electron chi connectivity index (χ2n) is 5.99. The van der Waals surface area contributed by atoms with Crippen molar-refractivity contribution in [3.63, 3.8) is 0 Å². The van der Waals surface area contributed by atoms with Crippen molar-refractivity contribution in [3.05, 3.63) is 65.5 Å². The van der Waals surface area contributed by atoms with Crippen molar-refractivity contribution in [1.29, 1.82) is 0 Å². The van der Waals surface area contributed by atoms with Gasteiger partial charge in [0, 0.05) is 39.9 Å². The van der Waals surface area contributed by atoms with Gasteiger partial charge in [0.1, 0.15) is 22.7 Å². The topological polar surface area (TPSA) is 122 Å². The largest absolute Gasteiger partial charge is 1.00 e. The number of fused-ring (bicyclic) bond motifs is 2. The highest BCUT2D eigenvalue weighted by atomic mass is 35.5. The van der Waals surface area contributed by atoms with Crippen LogP contribution in [0.25, 0.3) is 33.4 Å². The smallest absolute Gasteiger partial charge is 0.340 e. The van der Waals surface area contributed by atoms with E-state index in [9.17, 15) is 15.0 Å². The number of anilines is 1. The van der Waals surface area contributed by atoms with E-state index in [4.69, 9.17) is 15.6 Å². The van der Waals surface area contributed by atoms with Gasteiger partial charge in [-0.05, 0) is 24.3 Å². The fourth-order valence-corrected chi connectivity index (χ4v) is 3.19. The molecular weight excluding hydrogens is 368 g/mol. The molecule has 0 saturated carbocycles. The Hall–Kier alpha value is -3.51. The van der Waals surface area contributed by atoms with Crippen LogP contribution >= 0.6 is 0 Å². The van der Waals surface area contributed by atoms with E-state index in [1.165, 1.54) is 6.07 Å². The summed E-state index contributed by atoms with van der Waals surface area (Å²) < 4.78 is 5.93. The van der Waals surface area contributed by atoms with E-state index in [2.05, 4.69) is 0 Å². The highest BCUT2D eigenvalue weighted by Gasteiger charge is 2.23. The van der Waals surface area contributed by atoms with Gasteiger partial charge in [0.2, 0.25) is 0 Å². The molecule has 27 heavy (non-hydrogen) atoms. The minimum atomic E-state index is -1.22. The molecule has 2 aromatic carbocycles. The number of halogens is 1. The highest BCUT2D eigenvalue weighted by molar-refractivity contribution is 6.08. The van der Waals surface area contributed by atoms with Gasteiger partial charge in [0.05, 0.1) is 6.07 Å². The first-order valence-corrected chi connectivity index (χ1v) is 7.86. The number of aromatic carboxylic acids is 1. The van der Waals surface area contributed by atoms with Crippen LogP contribution in [0.3, 0.4) is 0 Å². The van der Waals surface area contributed by atoms with Gasteiger partial charge < -0.3 is 32.8 Å². The molecule has 6 N–H and O–H groups in total. The van der Waals surface area contributed by atoms with Crippen molar-refractivity contribution in [1.82, 2.24) is 0 Å². The number of aromatic hydroxyl groups is 1. The fourth-order valence-electron chi connectivity index (χ4n) is 3.19. The first-order valence-electron chi connectivity index (χ1n) is 7.86. The molecule has 1 aliphatic heterocycles. The maximum absolute atomic E-state index is 11.8. The van der Waals surface area contributed by atoms with Crippen molar-refractivity contribution in [2.24, 2.45) is 0 Å². The Balaban J connectivity index is 0.00000210. The van der Waals surface area contributed by atoms with E-state index < -0.39 is 5.97 Å². The van der Waals surface area contributed by atoms with Gasteiger partial charge in [-0.2, -0.15) is 0 Å². The molecular formula is C20H15ClN2O4. The predicted molar refractivity (Wildman–Crippen MR) is 96.4 cm³/mol. The molecule has 0 bridgehead atoms. The highest BCUT2D eigenvalue weighted by Crippen LogP contribution is 2.42. The van der Waals surface area contributed by atoms with Crippen molar-refractivity contribution in [2.45, 2.75) is 0 Å². The van der Waals surface area contributed by atoms with Gasteiger partial charge >= 0.3 is 5.97 Å². The number of phenols is 1. The second kappa shape index (κ2) is 6.66. The first kappa shape index (κ1) is 18.3. The molecule has 0 spiro atoms. The molecule has 0 fully saturated rings. The van der Waals surface area contributed by atoms with Gasteiger partial charge in [-0.15, -0.1) is 0 Å². The summed E-state index contributed by atoms with van der Waals surface area (Å²) in [5.74, 6) is -1.02. The van der Waals surface area contributed by atoms with Crippen LogP contribution in [0.15, 0.2) is 59.0 Å². The monoisotopic (exact) mass is 382 g/mol. The standard InChI is InChI=1S/C20H14N2O4.ClH/c21-10-4-6-12-16(8-10)26-17-9-11(22)5-7-13(17)18(12)14-2-1-3-15(23)19(14)20(24)25;/h1-9,21,23H,22H2,(H,24,25);1H. The van der Waals surface area contributed by atoms with Crippen LogP contribution in [0.4, 0.5) is 5.69 Å². The number of carboxylic acids is 1. The van der Waals surface area contributed by atoms with Crippen LogP contribution in [0.1, 0.15) is 10.4 Å². The maximum Gasteiger partial charge on any atom is 0.340 e. The quantitative estimate of drug-likeness (QED) is 0.258. The molecule has 1 heterocycles. The summed E-state index contributed by atoms with van der Waals surface area (Å²) >= 11 is 0. The molecule has 7 heteroatoms. The number of hydrogen-bond donors (Lipinski definition) is 4. The maximum atomic E-state index is 11.8. The number of rotatable bonds is 2. The Kier molecular flexibility index (Phi) is 4.51. The summed E-state index contributed by atoms with van der Waals surface area (Å²) in [6, 6.07) is 14.9. The minimum Gasteiger partial charge on any atom is -1.00 e. The first-order chi connectivity index (χ1) is 12.5. The van der Waals surface area contributed by atoms with Crippen LogP contribution in [-0.4, -0.2) is 16.2 Å². The Morgan fingerprint density at radius 1 is 1.04 bits per heavy atom. The van der Waals surface area contributed by atoms with E-state index in [0.717, 1.165) is 0 Å². The minimum absolute atomic E-state index is 0. The lowest BCUT2D eigenvalue weighted by Crippen LogP contribution is -3.00. The van der Waals surface area contributed by atoms with Gasteiger partial charge in [0.25, 0.3) is 0 Å². The van der Waals surface area contributed by atoms with Crippen molar-refractivity contribution in [2.75, 3.05) is 5.73 Å². The number of nitrogen functional groups attached to an aromatic ring is 1. The Bertz CT molecular complexity index is 1220. The third kappa shape index (κ3) is 2.96. The lowest BCUT2D eigenvalue weighted by Gasteiger charge is -2.17. The lowest BCUT2D eigenvalue weighted by molar-refractivity contribution is -0.172. The number of benzene rings is 3. The third-order valence-electron chi connectivity index (χ3n) is 4.30. The molecule has 0 atom stereocenters.